The minimum Gasteiger partial charge on any atom is -0.450 e. The second-order valence-electron chi connectivity index (χ2n) is 11.3. The van der Waals surface area contributed by atoms with Crippen molar-refractivity contribution in [3.63, 3.8) is 0 Å². The van der Waals surface area contributed by atoms with Gasteiger partial charge < -0.3 is 14.9 Å². The number of hydrogen-bond acceptors (Lipinski definition) is 7. The Morgan fingerprint density at radius 3 is 2.47 bits per heavy atom. The molecular formula is C26H33FO7. The van der Waals surface area contributed by atoms with Crippen LogP contribution in [0.5, 0.6) is 0 Å². The lowest BCUT2D eigenvalue weighted by atomic mass is 9.44. The molecule has 8 atom stereocenters. The van der Waals surface area contributed by atoms with E-state index in [4.69, 9.17) is 4.74 Å². The van der Waals surface area contributed by atoms with E-state index in [0.717, 1.165) is 6.08 Å². The minimum absolute atomic E-state index is 0.0522. The number of carbonyl (C=O) groups is 4. The van der Waals surface area contributed by atoms with Gasteiger partial charge in [0, 0.05) is 29.2 Å². The quantitative estimate of drug-likeness (QED) is 0.598. The van der Waals surface area contributed by atoms with E-state index < -0.39 is 76.0 Å². The number of esters is 1. The molecule has 0 aliphatic heterocycles. The number of allylic oxidation sites excluding steroid dienone is 4. The number of ether oxygens (including phenoxy) is 1. The SMILES string of the molecule is CC(C)C(=O)O[C@]1(C(=O)CO)C(C)C[C@H]2[C@@H]3CC(=O)C4=CC(=O)C=C[C@]4(C)[C@@]3(F)C(O)C[C@@]21C. The van der Waals surface area contributed by atoms with Crippen molar-refractivity contribution < 1.29 is 38.5 Å². The van der Waals surface area contributed by atoms with Crippen LogP contribution in [0.15, 0.2) is 23.8 Å². The van der Waals surface area contributed by atoms with Crippen molar-refractivity contribution in [2.75, 3.05) is 6.61 Å². The molecule has 0 saturated heterocycles. The van der Waals surface area contributed by atoms with Crippen LogP contribution in [0.4, 0.5) is 4.39 Å². The number of aliphatic hydroxyl groups is 2. The van der Waals surface area contributed by atoms with Crippen molar-refractivity contribution in [2.45, 2.75) is 71.3 Å². The second-order valence-corrected chi connectivity index (χ2v) is 11.3. The van der Waals surface area contributed by atoms with E-state index in [1.807, 2.05) is 0 Å². The summed E-state index contributed by atoms with van der Waals surface area (Å²) in [5, 5.41) is 21.3. The molecule has 2 unspecified atom stereocenters. The summed E-state index contributed by atoms with van der Waals surface area (Å²) in [5.41, 5.74) is -6.69. The summed E-state index contributed by atoms with van der Waals surface area (Å²) in [7, 11) is 0. The summed E-state index contributed by atoms with van der Waals surface area (Å²) >= 11 is 0. The molecule has 4 aliphatic rings. The van der Waals surface area contributed by atoms with Gasteiger partial charge in [0.25, 0.3) is 0 Å². The highest BCUT2D eigenvalue weighted by Gasteiger charge is 2.78. The van der Waals surface area contributed by atoms with Crippen LogP contribution in [-0.2, 0) is 23.9 Å². The third-order valence-corrected chi connectivity index (χ3v) is 9.32. The van der Waals surface area contributed by atoms with Crippen molar-refractivity contribution in [1.82, 2.24) is 0 Å². The predicted molar refractivity (Wildman–Crippen MR) is 119 cm³/mol. The molecule has 0 aromatic rings. The van der Waals surface area contributed by atoms with Crippen LogP contribution in [0.1, 0.15) is 53.9 Å². The zero-order valence-electron chi connectivity index (χ0n) is 20.3. The molecule has 0 amide bonds. The lowest BCUT2D eigenvalue weighted by Gasteiger charge is -2.62. The van der Waals surface area contributed by atoms with Gasteiger partial charge in [0.1, 0.15) is 6.61 Å². The van der Waals surface area contributed by atoms with Crippen molar-refractivity contribution >= 4 is 23.3 Å². The first kappa shape index (κ1) is 24.9. The van der Waals surface area contributed by atoms with Crippen molar-refractivity contribution in [3.05, 3.63) is 23.8 Å². The van der Waals surface area contributed by atoms with Crippen LogP contribution in [0.2, 0.25) is 0 Å². The number of fused-ring (bicyclic) bond motifs is 5. The Bertz CT molecular complexity index is 1030. The first-order valence-electron chi connectivity index (χ1n) is 11.9. The fourth-order valence-corrected chi connectivity index (χ4v) is 7.62. The molecule has 34 heavy (non-hydrogen) atoms. The Morgan fingerprint density at radius 2 is 1.88 bits per heavy atom. The second kappa shape index (κ2) is 7.65. The summed E-state index contributed by atoms with van der Waals surface area (Å²) in [6.07, 6.45) is 2.00. The largest absolute Gasteiger partial charge is 0.450 e. The molecule has 0 bridgehead atoms. The number of carbonyl (C=O) groups excluding carboxylic acids is 4. The summed E-state index contributed by atoms with van der Waals surface area (Å²) < 4.78 is 23.1. The van der Waals surface area contributed by atoms with Gasteiger partial charge in [-0.15, -0.1) is 0 Å². The molecule has 186 valence electrons. The van der Waals surface area contributed by atoms with Crippen LogP contribution in [0, 0.1) is 34.5 Å². The standard InChI is InChI=1S/C26H33FO7/c1-13(2)22(33)34-26(21(32)12-28)14(3)8-16-17-10-19(30)18-9-15(29)6-7-23(18,4)25(17,27)20(31)11-24(16,26)5/h6-7,9,13-14,16-17,20,28,31H,8,10-12H2,1-5H3/t14?,16-,17-,20?,23-,24-,25-,26-/m0/s1. The molecule has 0 aromatic carbocycles. The molecule has 4 aliphatic carbocycles. The molecule has 0 heterocycles. The number of hydrogen-bond donors (Lipinski definition) is 2. The molecule has 2 N–H and O–H groups in total. The van der Waals surface area contributed by atoms with Crippen LogP contribution in [0.25, 0.3) is 0 Å². The van der Waals surface area contributed by atoms with E-state index in [9.17, 15) is 29.4 Å². The maximum Gasteiger partial charge on any atom is 0.309 e. The highest BCUT2D eigenvalue weighted by Crippen LogP contribution is 2.71. The normalized spacial score (nSPS) is 45.4. The third kappa shape index (κ3) is 2.81. The van der Waals surface area contributed by atoms with E-state index in [2.05, 4.69) is 0 Å². The maximum atomic E-state index is 17.2. The van der Waals surface area contributed by atoms with Gasteiger partial charge >= 0.3 is 5.97 Å². The Labute approximate surface area is 198 Å². The van der Waals surface area contributed by atoms with Crippen molar-refractivity contribution in [3.8, 4) is 0 Å². The smallest absolute Gasteiger partial charge is 0.309 e. The van der Waals surface area contributed by atoms with Gasteiger partial charge in [-0.1, -0.05) is 33.8 Å². The molecule has 0 aromatic heterocycles. The molecule has 7 nitrogen and oxygen atoms in total. The van der Waals surface area contributed by atoms with Gasteiger partial charge in [0.15, 0.2) is 22.8 Å². The Balaban J connectivity index is 1.88. The van der Waals surface area contributed by atoms with E-state index in [0.29, 0.717) is 0 Å². The fraction of sp³-hybridized carbons (Fsp3) is 0.692. The zero-order chi connectivity index (χ0) is 25.4. The Morgan fingerprint density at radius 1 is 1.24 bits per heavy atom. The lowest BCUT2D eigenvalue weighted by molar-refractivity contribution is -0.228. The molecular weight excluding hydrogens is 443 g/mol. The van der Waals surface area contributed by atoms with Crippen molar-refractivity contribution in [2.24, 2.45) is 34.5 Å². The highest BCUT2D eigenvalue weighted by atomic mass is 19.1. The summed E-state index contributed by atoms with van der Waals surface area (Å²) in [5.74, 6) is -4.74. The number of alkyl halides is 1. The number of Topliss-reactive ketones (excluding diaryl/α,β-unsaturated/α-hetero) is 2. The minimum atomic E-state index is -2.27. The molecule has 4 rings (SSSR count). The van der Waals surface area contributed by atoms with Gasteiger partial charge in [0.05, 0.1) is 17.4 Å². The Hall–Kier alpha value is -2.19. The molecule has 0 spiro atoms. The number of halogens is 1. The van der Waals surface area contributed by atoms with Gasteiger partial charge in [-0.05, 0) is 37.8 Å². The van der Waals surface area contributed by atoms with Crippen LogP contribution >= 0.6 is 0 Å². The highest BCUT2D eigenvalue weighted by molar-refractivity contribution is 6.10. The van der Waals surface area contributed by atoms with Crippen molar-refractivity contribution in [1.29, 1.82) is 0 Å². The summed E-state index contributed by atoms with van der Waals surface area (Å²) in [6, 6.07) is 0. The number of aliphatic hydroxyl groups excluding tert-OH is 2. The lowest BCUT2D eigenvalue weighted by Crippen LogP contribution is -2.71. The molecule has 3 saturated carbocycles. The molecule has 0 radical (unpaired) electrons. The van der Waals surface area contributed by atoms with E-state index >= 15 is 4.39 Å². The van der Waals surface area contributed by atoms with Gasteiger partial charge in [-0.3, -0.25) is 19.2 Å². The fourth-order valence-electron chi connectivity index (χ4n) is 7.62. The number of ketones is 3. The monoisotopic (exact) mass is 476 g/mol. The summed E-state index contributed by atoms with van der Waals surface area (Å²) in [6.45, 7) is 7.35. The first-order valence-corrected chi connectivity index (χ1v) is 11.9. The van der Waals surface area contributed by atoms with Gasteiger partial charge in [-0.2, -0.15) is 0 Å². The van der Waals surface area contributed by atoms with Crippen LogP contribution in [-0.4, -0.2) is 57.5 Å². The van der Waals surface area contributed by atoms with Crippen LogP contribution < -0.4 is 0 Å². The van der Waals surface area contributed by atoms with Gasteiger partial charge in [-0.25, -0.2) is 4.39 Å². The van der Waals surface area contributed by atoms with E-state index in [1.54, 1.807) is 27.7 Å². The van der Waals surface area contributed by atoms with Crippen LogP contribution in [0.3, 0.4) is 0 Å². The van der Waals surface area contributed by atoms with E-state index in [1.165, 1.54) is 19.1 Å². The first-order chi connectivity index (χ1) is 15.7. The summed E-state index contributed by atoms with van der Waals surface area (Å²) in [4.78, 5) is 51.2. The zero-order valence-corrected chi connectivity index (χ0v) is 20.3. The maximum absolute atomic E-state index is 17.2. The average Bonchev–Trinajstić information content (AvgIpc) is 2.98. The molecule has 3 fully saturated rings. The van der Waals surface area contributed by atoms with E-state index in [-0.39, 0.29) is 30.6 Å². The predicted octanol–water partition coefficient (Wildman–Crippen LogP) is 2.28. The topological polar surface area (TPSA) is 118 Å². The average molecular weight is 477 g/mol. The van der Waals surface area contributed by atoms with Gasteiger partial charge in [0.2, 0.25) is 5.78 Å². The molecule has 8 heteroatoms. The Kier molecular flexibility index (Phi) is 5.61. The number of rotatable bonds is 4. The third-order valence-electron chi connectivity index (χ3n) is 9.32.